The number of ether oxygens (including phenoxy) is 1. The first-order chi connectivity index (χ1) is 10.4. The molecule has 1 fully saturated rings. The van der Waals surface area contributed by atoms with Crippen molar-refractivity contribution >= 4 is 23.2 Å². The van der Waals surface area contributed by atoms with Crippen molar-refractivity contribution in [2.24, 2.45) is 0 Å². The van der Waals surface area contributed by atoms with Gasteiger partial charge in [0.05, 0.1) is 6.54 Å². The van der Waals surface area contributed by atoms with Crippen LogP contribution in [0.3, 0.4) is 0 Å². The summed E-state index contributed by atoms with van der Waals surface area (Å²) in [5.74, 6) is -0.0168. The molecule has 0 aromatic carbocycles. The molecule has 1 aliphatic rings. The Balaban J connectivity index is 1.79. The molecule has 0 spiro atoms. The molecule has 1 aromatic heterocycles. The summed E-state index contributed by atoms with van der Waals surface area (Å²) in [5, 5.41) is 5.43. The first kappa shape index (κ1) is 16.9. The lowest BCUT2D eigenvalue weighted by molar-refractivity contribution is 0.0227. The number of carbonyl (C=O) groups is 2. The summed E-state index contributed by atoms with van der Waals surface area (Å²) in [4.78, 5) is 29.8. The molecule has 1 aromatic rings. The number of hydrogen-bond acceptors (Lipinski definition) is 6. The smallest absolute Gasteiger partial charge is 0.410 e. The lowest BCUT2D eigenvalue weighted by Gasteiger charge is -2.28. The fraction of sp³-hybridized carbons (Fsp3) is 0.667. The highest BCUT2D eigenvalue weighted by Gasteiger charge is 2.31. The minimum Gasteiger partial charge on any atom is -0.444 e. The molecule has 1 N–H and O–H groups in total. The van der Waals surface area contributed by atoms with E-state index in [0.717, 1.165) is 12.8 Å². The van der Waals surface area contributed by atoms with Crippen LogP contribution >= 0.6 is 11.3 Å². The van der Waals surface area contributed by atoms with Crippen LogP contribution < -0.4 is 5.32 Å². The summed E-state index contributed by atoms with van der Waals surface area (Å²) in [7, 11) is 0. The van der Waals surface area contributed by atoms with Crippen LogP contribution in [0, 0.1) is 0 Å². The third-order valence-electron chi connectivity index (χ3n) is 3.34. The molecule has 0 unspecified atom stereocenters. The third-order valence-corrected chi connectivity index (χ3v) is 4.16. The molecule has 7 heteroatoms. The Morgan fingerprint density at radius 2 is 2.27 bits per heavy atom. The lowest BCUT2D eigenvalue weighted by atomic mass is 10.2. The molecule has 1 amide bonds. The number of likely N-dealkylation sites (tertiary alicyclic amines) is 1. The molecule has 22 heavy (non-hydrogen) atoms. The summed E-state index contributed by atoms with van der Waals surface area (Å²) in [6.07, 6.45) is 3.24. The van der Waals surface area contributed by atoms with Gasteiger partial charge in [0.15, 0.2) is 5.01 Å². The summed E-state index contributed by atoms with van der Waals surface area (Å²) in [6, 6.07) is 0.0824. The van der Waals surface area contributed by atoms with E-state index in [0.29, 0.717) is 18.1 Å². The number of aromatic nitrogens is 1. The average Bonchev–Trinajstić information content (AvgIpc) is 3.08. The van der Waals surface area contributed by atoms with Crippen LogP contribution in [0.4, 0.5) is 4.79 Å². The van der Waals surface area contributed by atoms with Gasteiger partial charge in [-0.1, -0.05) is 0 Å². The Morgan fingerprint density at radius 3 is 2.91 bits per heavy atom. The van der Waals surface area contributed by atoms with Gasteiger partial charge >= 0.3 is 6.09 Å². The molecule has 0 saturated carbocycles. The standard InChI is InChI=1S/C15H23N3O3S/c1-15(2,3)21-14(20)18-7-4-5-11(18)9-16-10-12(19)13-17-6-8-22-13/h6,8,11,16H,4-5,7,9-10H2,1-3H3/t11-/m0/s1. The van der Waals surface area contributed by atoms with Gasteiger partial charge < -0.3 is 15.0 Å². The molecule has 2 heterocycles. The number of rotatable bonds is 5. The van der Waals surface area contributed by atoms with Crippen molar-refractivity contribution in [2.75, 3.05) is 19.6 Å². The van der Waals surface area contributed by atoms with Crippen molar-refractivity contribution in [2.45, 2.75) is 45.3 Å². The quantitative estimate of drug-likeness (QED) is 0.841. The highest BCUT2D eigenvalue weighted by Crippen LogP contribution is 2.20. The molecule has 122 valence electrons. The zero-order valence-corrected chi connectivity index (χ0v) is 14.1. The highest BCUT2D eigenvalue weighted by atomic mass is 32.1. The molecule has 0 radical (unpaired) electrons. The van der Waals surface area contributed by atoms with Crippen molar-refractivity contribution in [1.82, 2.24) is 15.2 Å². The number of amides is 1. The minimum atomic E-state index is -0.488. The van der Waals surface area contributed by atoms with E-state index in [1.165, 1.54) is 11.3 Å². The Labute approximate surface area is 134 Å². The molecular weight excluding hydrogens is 302 g/mol. The van der Waals surface area contributed by atoms with Crippen LogP contribution in [0.5, 0.6) is 0 Å². The van der Waals surface area contributed by atoms with E-state index in [9.17, 15) is 9.59 Å². The van der Waals surface area contributed by atoms with Crippen LogP contribution in [0.1, 0.15) is 43.4 Å². The predicted octanol–water partition coefficient (Wildman–Crippen LogP) is 2.31. The normalized spacial score (nSPS) is 18.5. The number of Topliss-reactive ketones (excluding diaryl/α,β-unsaturated/α-hetero) is 1. The first-order valence-corrected chi connectivity index (χ1v) is 8.38. The van der Waals surface area contributed by atoms with E-state index in [2.05, 4.69) is 10.3 Å². The van der Waals surface area contributed by atoms with Gasteiger partial charge in [-0.05, 0) is 33.6 Å². The van der Waals surface area contributed by atoms with Crippen LogP contribution in [0.2, 0.25) is 0 Å². The van der Waals surface area contributed by atoms with Crippen LogP contribution in [-0.4, -0.2) is 53.0 Å². The van der Waals surface area contributed by atoms with Crippen LogP contribution in [-0.2, 0) is 4.74 Å². The molecular formula is C15H23N3O3S. The number of carbonyl (C=O) groups excluding carboxylic acids is 2. The van der Waals surface area contributed by atoms with Crippen molar-refractivity contribution in [3.8, 4) is 0 Å². The van der Waals surface area contributed by atoms with Gasteiger partial charge in [-0.15, -0.1) is 11.3 Å². The average molecular weight is 325 g/mol. The first-order valence-electron chi connectivity index (χ1n) is 7.50. The van der Waals surface area contributed by atoms with Gasteiger partial charge in [-0.3, -0.25) is 4.79 Å². The van der Waals surface area contributed by atoms with E-state index in [1.54, 1.807) is 16.5 Å². The third kappa shape index (κ3) is 4.78. The topological polar surface area (TPSA) is 71.5 Å². The fourth-order valence-electron chi connectivity index (χ4n) is 2.40. The largest absolute Gasteiger partial charge is 0.444 e. The maximum absolute atomic E-state index is 12.2. The fourth-order valence-corrected chi connectivity index (χ4v) is 2.97. The van der Waals surface area contributed by atoms with Gasteiger partial charge in [0.25, 0.3) is 0 Å². The molecule has 1 aliphatic heterocycles. The molecule has 0 bridgehead atoms. The van der Waals surface area contributed by atoms with Gasteiger partial charge in [-0.2, -0.15) is 0 Å². The molecule has 2 rings (SSSR count). The Bertz CT molecular complexity index is 511. The van der Waals surface area contributed by atoms with E-state index in [-0.39, 0.29) is 24.5 Å². The maximum atomic E-state index is 12.2. The summed E-state index contributed by atoms with van der Waals surface area (Å²) < 4.78 is 5.42. The van der Waals surface area contributed by atoms with E-state index >= 15 is 0 Å². The van der Waals surface area contributed by atoms with Crippen LogP contribution in [0.25, 0.3) is 0 Å². The predicted molar refractivity (Wildman–Crippen MR) is 85.3 cm³/mol. The number of hydrogen-bond donors (Lipinski definition) is 1. The summed E-state index contributed by atoms with van der Waals surface area (Å²) in [5.41, 5.74) is -0.488. The second kappa shape index (κ2) is 7.19. The van der Waals surface area contributed by atoms with Crippen molar-refractivity contribution in [3.05, 3.63) is 16.6 Å². The SMILES string of the molecule is CC(C)(C)OC(=O)N1CCC[C@H]1CNCC(=O)c1nccs1. The van der Waals surface area contributed by atoms with Gasteiger partial charge in [-0.25, -0.2) is 9.78 Å². The Morgan fingerprint density at radius 1 is 1.50 bits per heavy atom. The lowest BCUT2D eigenvalue weighted by Crippen LogP contribution is -2.44. The van der Waals surface area contributed by atoms with Crippen molar-refractivity contribution < 1.29 is 14.3 Å². The van der Waals surface area contributed by atoms with E-state index < -0.39 is 5.60 Å². The minimum absolute atomic E-state index is 0.0168. The second-order valence-electron chi connectivity index (χ2n) is 6.36. The molecule has 1 saturated heterocycles. The highest BCUT2D eigenvalue weighted by molar-refractivity contribution is 7.11. The van der Waals surface area contributed by atoms with Gasteiger partial charge in [0.2, 0.25) is 5.78 Å². The Hall–Kier alpha value is -1.47. The molecule has 1 atom stereocenters. The van der Waals surface area contributed by atoms with Crippen LogP contribution in [0.15, 0.2) is 11.6 Å². The number of nitrogens with one attached hydrogen (secondary N) is 1. The zero-order valence-electron chi connectivity index (χ0n) is 13.3. The monoisotopic (exact) mass is 325 g/mol. The van der Waals surface area contributed by atoms with Crippen molar-refractivity contribution in [3.63, 3.8) is 0 Å². The number of nitrogens with zero attached hydrogens (tertiary/aromatic N) is 2. The van der Waals surface area contributed by atoms with Gasteiger partial charge in [0, 0.05) is 30.7 Å². The summed E-state index contributed by atoms with van der Waals surface area (Å²) >= 11 is 1.34. The summed E-state index contributed by atoms with van der Waals surface area (Å²) in [6.45, 7) is 7.13. The molecule has 0 aliphatic carbocycles. The second-order valence-corrected chi connectivity index (χ2v) is 7.26. The van der Waals surface area contributed by atoms with Crippen molar-refractivity contribution in [1.29, 1.82) is 0 Å². The van der Waals surface area contributed by atoms with Gasteiger partial charge in [0.1, 0.15) is 5.60 Å². The maximum Gasteiger partial charge on any atom is 0.410 e. The van der Waals surface area contributed by atoms with E-state index in [4.69, 9.17) is 4.74 Å². The zero-order chi connectivity index (χ0) is 16.2. The number of ketones is 1. The molecule has 6 nitrogen and oxygen atoms in total. The Kier molecular flexibility index (Phi) is 5.52. The number of thiazole rings is 1. The van der Waals surface area contributed by atoms with E-state index in [1.807, 2.05) is 20.8 Å².